The van der Waals surface area contributed by atoms with Gasteiger partial charge in [-0.05, 0) is 101 Å². The number of piperidine rings is 1. The van der Waals surface area contributed by atoms with Gasteiger partial charge in [-0.2, -0.15) is 12.6 Å². The van der Waals surface area contributed by atoms with E-state index in [1.807, 2.05) is 6.07 Å². The van der Waals surface area contributed by atoms with Gasteiger partial charge >= 0.3 is 0 Å². The van der Waals surface area contributed by atoms with E-state index >= 15 is 8.78 Å². The van der Waals surface area contributed by atoms with Crippen molar-refractivity contribution in [3.05, 3.63) is 65.1 Å². The Morgan fingerprint density at radius 2 is 1.66 bits per heavy atom. The van der Waals surface area contributed by atoms with Crippen LogP contribution in [0.2, 0.25) is 0 Å². The molecule has 1 saturated heterocycles. The minimum Gasteiger partial charge on any atom is -0.365 e. The van der Waals surface area contributed by atoms with Gasteiger partial charge in [0.25, 0.3) is 5.92 Å². The van der Waals surface area contributed by atoms with Crippen molar-refractivity contribution < 1.29 is 8.78 Å². The average molecular weight is 622 g/mol. The number of halogens is 2. The first kappa shape index (κ1) is 31.5. The van der Waals surface area contributed by atoms with E-state index in [1.165, 1.54) is 5.57 Å². The van der Waals surface area contributed by atoms with Crippen LogP contribution < -0.4 is 10.2 Å². The molecule has 0 amide bonds. The fourth-order valence-corrected chi connectivity index (χ4v) is 7.98. The van der Waals surface area contributed by atoms with Crippen molar-refractivity contribution in [3.63, 3.8) is 0 Å². The fraction of sp³-hybridized carbons (Fsp3) is 0.611. The number of rotatable bonds is 1. The lowest BCUT2D eigenvalue weighted by Gasteiger charge is -2.45. The number of hydrogen-bond donors (Lipinski definition) is 2. The van der Waals surface area contributed by atoms with Crippen LogP contribution in [-0.4, -0.2) is 38.4 Å². The third-order valence-corrected chi connectivity index (χ3v) is 11.4. The Bertz CT molecular complexity index is 1420. The normalized spacial score (nSPS) is 29.9. The fourth-order valence-electron chi connectivity index (χ4n) is 7.62. The summed E-state index contributed by atoms with van der Waals surface area (Å²) in [5.41, 5.74) is 4.07. The summed E-state index contributed by atoms with van der Waals surface area (Å²) in [6, 6.07) is 6.93. The highest BCUT2D eigenvalue weighted by molar-refractivity contribution is 7.81. The first-order valence-electron chi connectivity index (χ1n) is 16.6. The summed E-state index contributed by atoms with van der Waals surface area (Å²) in [6.45, 7) is 15.4. The van der Waals surface area contributed by atoms with Crippen molar-refractivity contribution in [1.29, 1.82) is 0 Å². The third kappa shape index (κ3) is 6.05. The predicted octanol–water partition coefficient (Wildman–Crippen LogP) is 9.19. The molecule has 238 valence electrons. The second kappa shape index (κ2) is 11.7. The van der Waals surface area contributed by atoms with Gasteiger partial charge in [0.2, 0.25) is 0 Å². The number of nitrogens with zero attached hydrogens (tertiary/aromatic N) is 4. The van der Waals surface area contributed by atoms with Crippen LogP contribution in [0.3, 0.4) is 0 Å². The van der Waals surface area contributed by atoms with E-state index in [0.717, 1.165) is 79.8 Å². The highest BCUT2D eigenvalue weighted by Crippen LogP contribution is 2.57. The Labute approximate surface area is 268 Å². The number of aromatic nitrogens is 2. The van der Waals surface area contributed by atoms with Gasteiger partial charge in [0.1, 0.15) is 18.0 Å². The number of hydrogen-bond acceptors (Lipinski definition) is 6. The zero-order valence-corrected chi connectivity index (χ0v) is 27.8. The van der Waals surface area contributed by atoms with Gasteiger partial charge in [-0.1, -0.05) is 57.4 Å². The number of benzene rings is 1. The molecule has 44 heavy (non-hydrogen) atoms. The summed E-state index contributed by atoms with van der Waals surface area (Å²) in [5, 5.41) is 3.50. The van der Waals surface area contributed by atoms with Crippen LogP contribution in [0.1, 0.15) is 109 Å². The number of anilines is 2. The first-order valence-corrected chi connectivity index (χ1v) is 17.0. The van der Waals surface area contributed by atoms with Gasteiger partial charge in [-0.25, -0.2) is 18.7 Å². The van der Waals surface area contributed by atoms with Crippen molar-refractivity contribution in [2.24, 2.45) is 11.3 Å². The van der Waals surface area contributed by atoms with E-state index in [0.29, 0.717) is 32.5 Å². The molecule has 1 aliphatic carbocycles. The number of allylic oxidation sites excluding steroid dienone is 1. The quantitative estimate of drug-likeness (QED) is 0.311. The topological polar surface area (TPSA) is 44.3 Å². The standard InChI is InChI=1S/C36H49F2N5S/c1-25-30(34(4)17-18-34)22-29-31-39-23-26-11-10-12-28(21-26)36(37,38)27-13-19-42(20-14-27)35(5,44)16-9-7-6-8-15-33(2,3)43(25)32(29)41-24-40-31/h10-12,21-22,24,27,44H,1,6-9,13-20,23H2,2-5H3,(H,39,40,41). The maximum atomic E-state index is 15.9. The number of fused-ring (bicyclic) bond motifs is 10. The molecule has 5 heterocycles. The van der Waals surface area contributed by atoms with E-state index in [4.69, 9.17) is 17.6 Å². The molecule has 1 unspecified atom stereocenters. The summed E-state index contributed by atoms with van der Waals surface area (Å²) >= 11 is 5.04. The summed E-state index contributed by atoms with van der Waals surface area (Å²) in [6.07, 6.45) is 13.5. The summed E-state index contributed by atoms with van der Waals surface area (Å²) < 4.78 is 31.9. The molecular weight excluding hydrogens is 572 g/mol. The molecule has 0 spiro atoms. The van der Waals surface area contributed by atoms with E-state index in [1.54, 1.807) is 24.5 Å². The minimum atomic E-state index is -2.88. The van der Waals surface area contributed by atoms with Crippen molar-refractivity contribution in [1.82, 2.24) is 14.9 Å². The lowest BCUT2D eigenvalue weighted by molar-refractivity contribution is -0.0896. The van der Waals surface area contributed by atoms with Crippen molar-refractivity contribution in [2.45, 2.75) is 115 Å². The monoisotopic (exact) mass is 621 g/mol. The summed E-state index contributed by atoms with van der Waals surface area (Å²) in [5.74, 6) is -1.97. The summed E-state index contributed by atoms with van der Waals surface area (Å²) in [7, 11) is 0. The van der Waals surface area contributed by atoms with Crippen LogP contribution >= 0.6 is 12.6 Å². The van der Waals surface area contributed by atoms with Crippen molar-refractivity contribution >= 4 is 30.3 Å². The maximum absolute atomic E-state index is 15.9. The van der Waals surface area contributed by atoms with Crippen LogP contribution in [0, 0.1) is 11.3 Å². The maximum Gasteiger partial charge on any atom is 0.276 e. The molecule has 5 aliphatic rings. The minimum absolute atomic E-state index is 0.101. The van der Waals surface area contributed by atoms with Gasteiger partial charge in [0, 0.05) is 29.3 Å². The highest BCUT2D eigenvalue weighted by Gasteiger charge is 2.47. The Kier molecular flexibility index (Phi) is 8.40. The van der Waals surface area contributed by atoms with Gasteiger partial charge < -0.3 is 10.2 Å². The molecule has 1 atom stereocenters. The largest absolute Gasteiger partial charge is 0.365 e. The second-order valence-corrected chi connectivity index (χ2v) is 15.7. The van der Waals surface area contributed by atoms with Crippen molar-refractivity contribution in [2.75, 3.05) is 23.3 Å². The third-order valence-electron chi connectivity index (χ3n) is 10.8. The molecule has 1 saturated carbocycles. The molecule has 2 aromatic rings. The lowest BCUT2D eigenvalue weighted by atomic mass is 9.85. The van der Waals surface area contributed by atoms with Gasteiger partial charge in [-0.3, -0.25) is 4.90 Å². The lowest BCUT2D eigenvalue weighted by Crippen LogP contribution is -2.48. The Hall–Kier alpha value is -2.45. The Morgan fingerprint density at radius 1 is 0.955 bits per heavy atom. The highest BCUT2D eigenvalue weighted by atomic mass is 32.1. The molecule has 7 rings (SSSR count). The average Bonchev–Trinajstić information content (AvgIpc) is 3.74. The molecule has 1 aromatic carbocycles. The number of alkyl halides is 2. The zero-order chi connectivity index (χ0) is 31.3. The molecule has 1 aromatic heterocycles. The summed E-state index contributed by atoms with van der Waals surface area (Å²) in [4.78, 5) is 13.8. The van der Waals surface area contributed by atoms with Gasteiger partial charge in [0.15, 0.2) is 0 Å². The Morgan fingerprint density at radius 3 is 2.36 bits per heavy atom. The molecular formula is C36H49F2N5S. The SMILES string of the molecule is C=C1C(C2(C)CC2)=Cc2c3ncnc2N1C(C)(C)CCCCCCC(C)(S)N1CCC(CC1)C(F)(F)c1cccc(c1)CN3. The number of nitrogens with one attached hydrogen (secondary N) is 1. The van der Waals surface area contributed by atoms with Crippen LogP contribution in [-0.2, 0) is 12.5 Å². The van der Waals surface area contributed by atoms with E-state index < -0.39 is 11.8 Å². The molecule has 5 nitrogen and oxygen atoms in total. The van der Waals surface area contributed by atoms with E-state index in [-0.39, 0.29) is 21.4 Å². The number of thiol groups is 1. The van der Waals surface area contributed by atoms with Crippen LogP contribution in [0.15, 0.2) is 48.4 Å². The van der Waals surface area contributed by atoms with Crippen LogP contribution in [0.5, 0.6) is 0 Å². The second-order valence-electron chi connectivity index (χ2n) is 14.7. The van der Waals surface area contributed by atoms with Crippen molar-refractivity contribution in [3.8, 4) is 0 Å². The first-order chi connectivity index (χ1) is 20.8. The van der Waals surface area contributed by atoms with E-state index in [2.05, 4.69) is 60.5 Å². The smallest absolute Gasteiger partial charge is 0.276 e. The molecule has 0 radical (unpaired) electrons. The van der Waals surface area contributed by atoms with Gasteiger partial charge in [0.05, 0.1) is 10.4 Å². The van der Waals surface area contributed by atoms with E-state index in [9.17, 15) is 0 Å². The molecule has 2 fully saturated rings. The van der Waals surface area contributed by atoms with Crippen LogP contribution in [0.4, 0.5) is 20.4 Å². The molecule has 8 bridgehead atoms. The predicted molar refractivity (Wildman–Crippen MR) is 180 cm³/mol. The molecule has 8 heteroatoms. The molecule has 1 N–H and O–H groups in total. The Balaban J connectivity index is 1.35. The molecule has 4 aliphatic heterocycles. The van der Waals surface area contributed by atoms with Crippen LogP contribution in [0.25, 0.3) is 6.08 Å². The zero-order valence-electron chi connectivity index (χ0n) is 26.9. The van der Waals surface area contributed by atoms with Gasteiger partial charge in [-0.15, -0.1) is 0 Å².